The lowest BCUT2D eigenvalue weighted by molar-refractivity contribution is -0.136. The topological polar surface area (TPSA) is 117 Å². The normalized spacial score (nSPS) is 13.8. The number of nitrogens with zero attached hydrogens (tertiary/aromatic N) is 1. The zero-order chi connectivity index (χ0) is 21.5. The summed E-state index contributed by atoms with van der Waals surface area (Å²) < 4.78 is 0. The molecule has 0 spiro atoms. The maximum absolute atomic E-state index is 12.6. The van der Waals surface area contributed by atoms with Crippen LogP contribution in [0.25, 0.3) is 6.08 Å². The molecule has 152 valence electrons. The van der Waals surface area contributed by atoms with E-state index in [-0.39, 0.29) is 12.1 Å². The van der Waals surface area contributed by atoms with Crippen molar-refractivity contribution >= 4 is 29.5 Å². The Morgan fingerprint density at radius 1 is 1.13 bits per heavy atom. The first kappa shape index (κ1) is 20.8. The second kappa shape index (κ2) is 9.49. The van der Waals surface area contributed by atoms with Crippen LogP contribution < -0.4 is 16.4 Å². The van der Waals surface area contributed by atoms with Crippen molar-refractivity contribution in [2.45, 2.75) is 13.0 Å². The summed E-state index contributed by atoms with van der Waals surface area (Å²) in [6.45, 7) is 4.23. The van der Waals surface area contributed by atoms with Gasteiger partial charge in [0.15, 0.2) is 0 Å². The fourth-order valence-corrected chi connectivity index (χ4v) is 2.91. The number of nitrogens with one attached hydrogen (secondary N) is 2. The second-order valence-electron chi connectivity index (χ2n) is 6.63. The summed E-state index contributed by atoms with van der Waals surface area (Å²) in [6.07, 6.45) is 5.20. The SMILES string of the molecule is C=C(NC1=NC=C/C1=C\c1cccc(CN)c1)C(=O)Nc1ccccc1CC(=O)O. The van der Waals surface area contributed by atoms with Gasteiger partial charge in [0.05, 0.1) is 12.1 Å². The van der Waals surface area contributed by atoms with Crippen LogP contribution in [0.15, 0.2) is 83.6 Å². The van der Waals surface area contributed by atoms with E-state index in [0.717, 1.165) is 16.7 Å². The summed E-state index contributed by atoms with van der Waals surface area (Å²) in [6, 6.07) is 14.6. The van der Waals surface area contributed by atoms with Gasteiger partial charge in [0, 0.05) is 24.0 Å². The van der Waals surface area contributed by atoms with Gasteiger partial charge < -0.3 is 21.5 Å². The minimum atomic E-state index is -0.978. The Labute approximate surface area is 174 Å². The number of hydrogen-bond donors (Lipinski definition) is 4. The quantitative estimate of drug-likeness (QED) is 0.532. The standard InChI is InChI=1S/C23H22N4O3/c1-15(23(30)27-20-8-3-2-7-18(20)13-21(28)29)26-22-19(9-10-25-22)12-16-5-4-6-17(11-16)14-24/h2-12H,1,13-14,24H2,(H,25,26)(H,27,30)(H,28,29)/b19-12+. The smallest absolute Gasteiger partial charge is 0.307 e. The number of aliphatic imine (C=N–C) groups is 1. The molecule has 0 aliphatic carbocycles. The lowest BCUT2D eigenvalue weighted by Gasteiger charge is -2.13. The van der Waals surface area contributed by atoms with Gasteiger partial charge in [-0.1, -0.05) is 49.0 Å². The summed E-state index contributed by atoms with van der Waals surface area (Å²) in [4.78, 5) is 27.8. The number of carboxylic acids is 1. The van der Waals surface area contributed by atoms with Crippen LogP contribution >= 0.6 is 0 Å². The molecular formula is C23H22N4O3. The average molecular weight is 402 g/mol. The van der Waals surface area contributed by atoms with Crippen LogP contribution in [0.3, 0.4) is 0 Å². The summed E-state index contributed by atoms with van der Waals surface area (Å²) in [7, 11) is 0. The summed E-state index contributed by atoms with van der Waals surface area (Å²) in [5.74, 6) is -0.965. The molecule has 1 aliphatic heterocycles. The molecule has 0 atom stereocenters. The average Bonchev–Trinajstić information content (AvgIpc) is 3.15. The minimum absolute atomic E-state index is 0.0872. The Kier molecular flexibility index (Phi) is 6.56. The Morgan fingerprint density at radius 2 is 1.93 bits per heavy atom. The minimum Gasteiger partial charge on any atom is -0.481 e. The van der Waals surface area contributed by atoms with Crippen molar-refractivity contribution < 1.29 is 14.7 Å². The van der Waals surface area contributed by atoms with E-state index in [1.807, 2.05) is 36.4 Å². The lowest BCUT2D eigenvalue weighted by atomic mass is 10.1. The highest BCUT2D eigenvalue weighted by Gasteiger charge is 2.16. The lowest BCUT2D eigenvalue weighted by Crippen LogP contribution is -2.30. The zero-order valence-electron chi connectivity index (χ0n) is 16.3. The molecular weight excluding hydrogens is 380 g/mol. The largest absolute Gasteiger partial charge is 0.481 e. The van der Waals surface area contributed by atoms with E-state index >= 15 is 0 Å². The predicted octanol–water partition coefficient (Wildman–Crippen LogP) is 2.82. The molecule has 1 aliphatic rings. The van der Waals surface area contributed by atoms with Gasteiger partial charge in [-0.15, -0.1) is 0 Å². The molecule has 7 nitrogen and oxygen atoms in total. The molecule has 0 radical (unpaired) electrons. The van der Waals surface area contributed by atoms with Crippen LogP contribution in [0.1, 0.15) is 16.7 Å². The first-order valence-electron chi connectivity index (χ1n) is 9.28. The third-order valence-corrected chi connectivity index (χ3v) is 4.39. The predicted molar refractivity (Wildman–Crippen MR) is 118 cm³/mol. The van der Waals surface area contributed by atoms with Crippen molar-refractivity contribution in [1.29, 1.82) is 0 Å². The van der Waals surface area contributed by atoms with Gasteiger partial charge in [0.25, 0.3) is 5.91 Å². The zero-order valence-corrected chi connectivity index (χ0v) is 16.3. The van der Waals surface area contributed by atoms with Crippen molar-refractivity contribution in [3.63, 3.8) is 0 Å². The van der Waals surface area contributed by atoms with E-state index in [0.29, 0.717) is 23.6 Å². The number of carbonyl (C=O) groups is 2. The van der Waals surface area contributed by atoms with Crippen molar-refractivity contribution in [2.24, 2.45) is 10.7 Å². The highest BCUT2D eigenvalue weighted by atomic mass is 16.4. The molecule has 1 amide bonds. The number of rotatable bonds is 7. The number of amidine groups is 1. The molecule has 7 heteroatoms. The third-order valence-electron chi connectivity index (χ3n) is 4.39. The Balaban J connectivity index is 1.69. The summed E-state index contributed by atoms with van der Waals surface area (Å²) in [5, 5.41) is 14.7. The van der Waals surface area contributed by atoms with Crippen LogP contribution in [0.4, 0.5) is 5.69 Å². The van der Waals surface area contributed by atoms with Gasteiger partial charge in [0.1, 0.15) is 5.84 Å². The fraction of sp³-hybridized carbons (Fsp3) is 0.0870. The van der Waals surface area contributed by atoms with Gasteiger partial charge >= 0.3 is 5.97 Å². The molecule has 0 aromatic heterocycles. The van der Waals surface area contributed by atoms with E-state index < -0.39 is 11.9 Å². The van der Waals surface area contributed by atoms with Crippen molar-refractivity contribution in [3.8, 4) is 0 Å². The van der Waals surface area contributed by atoms with Crippen LogP contribution in [0, 0.1) is 0 Å². The Hall–Kier alpha value is -3.97. The van der Waals surface area contributed by atoms with E-state index in [9.17, 15) is 9.59 Å². The van der Waals surface area contributed by atoms with Gasteiger partial charge in [0.2, 0.25) is 0 Å². The van der Waals surface area contributed by atoms with E-state index in [2.05, 4.69) is 22.2 Å². The molecule has 0 bridgehead atoms. The van der Waals surface area contributed by atoms with Crippen molar-refractivity contribution in [2.75, 3.05) is 5.32 Å². The molecule has 2 aromatic carbocycles. The number of benzene rings is 2. The van der Waals surface area contributed by atoms with Crippen LogP contribution in [0.5, 0.6) is 0 Å². The van der Waals surface area contributed by atoms with Crippen molar-refractivity contribution in [1.82, 2.24) is 5.32 Å². The van der Waals surface area contributed by atoms with Gasteiger partial charge in [-0.2, -0.15) is 0 Å². The number of anilines is 1. The molecule has 0 unspecified atom stereocenters. The molecule has 0 saturated carbocycles. The first-order chi connectivity index (χ1) is 14.5. The monoisotopic (exact) mass is 402 g/mol. The second-order valence-corrected chi connectivity index (χ2v) is 6.63. The fourth-order valence-electron chi connectivity index (χ4n) is 2.91. The van der Waals surface area contributed by atoms with E-state index in [1.54, 1.807) is 30.5 Å². The van der Waals surface area contributed by atoms with E-state index in [1.165, 1.54) is 0 Å². The molecule has 5 N–H and O–H groups in total. The van der Waals surface area contributed by atoms with Crippen LogP contribution in [-0.4, -0.2) is 22.8 Å². The number of nitrogens with two attached hydrogens (primary N) is 1. The number of hydrogen-bond acceptors (Lipinski definition) is 5. The number of aliphatic carboxylic acids is 1. The third kappa shape index (κ3) is 5.30. The molecule has 30 heavy (non-hydrogen) atoms. The summed E-state index contributed by atoms with van der Waals surface area (Å²) in [5.41, 5.74) is 9.49. The maximum Gasteiger partial charge on any atom is 0.307 e. The Bertz CT molecular complexity index is 1080. The van der Waals surface area contributed by atoms with Gasteiger partial charge in [-0.3, -0.25) is 9.59 Å². The Morgan fingerprint density at radius 3 is 2.70 bits per heavy atom. The molecule has 0 fully saturated rings. The number of amides is 1. The molecule has 1 heterocycles. The maximum atomic E-state index is 12.6. The van der Waals surface area contributed by atoms with Gasteiger partial charge in [-0.05, 0) is 34.9 Å². The highest BCUT2D eigenvalue weighted by molar-refractivity contribution is 6.12. The van der Waals surface area contributed by atoms with Crippen LogP contribution in [-0.2, 0) is 22.6 Å². The van der Waals surface area contributed by atoms with Crippen LogP contribution in [0.2, 0.25) is 0 Å². The molecule has 3 rings (SSSR count). The first-order valence-corrected chi connectivity index (χ1v) is 9.28. The van der Waals surface area contributed by atoms with Gasteiger partial charge in [-0.25, -0.2) is 4.99 Å². The number of carboxylic acid groups (broad SMARTS) is 1. The molecule has 0 saturated heterocycles. The van der Waals surface area contributed by atoms with Crippen molar-refractivity contribution in [3.05, 3.63) is 95.3 Å². The van der Waals surface area contributed by atoms with E-state index in [4.69, 9.17) is 10.8 Å². The highest BCUT2D eigenvalue weighted by Crippen LogP contribution is 2.18. The molecule has 2 aromatic rings. The summed E-state index contributed by atoms with van der Waals surface area (Å²) >= 11 is 0. The number of carbonyl (C=O) groups excluding carboxylic acids is 1. The number of para-hydroxylation sites is 1.